The molecular formula is C14H23ClN4S. The molecule has 0 saturated heterocycles. The van der Waals surface area contributed by atoms with E-state index in [1.54, 1.807) is 11.3 Å². The van der Waals surface area contributed by atoms with Gasteiger partial charge in [0.25, 0.3) is 0 Å². The molecule has 0 aliphatic heterocycles. The molecule has 0 saturated carbocycles. The average molecular weight is 315 g/mol. The molecule has 4 nitrogen and oxygen atoms in total. The highest BCUT2D eigenvalue weighted by Crippen LogP contribution is 2.28. The summed E-state index contributed by atoms with van der Waals surface area (Å²) in [5, 5.41) is 4.62. The molecule has 20 heavy (non-hydrogen) atoms. The Bertz CT molecular complexity index is 553. The van der Waals surface area contributed by atoms with Crippen LogP contribution in [0.3, 0.4) is 0 Å². The van der Waals surface area contributed by atoms with Gasteiger partial charge in [0.1, 0.15) is 16.5 Å². The van der Waals surface area contributed by atoms with Gasteiger partial charge in [-0.2, -0.15) is 0 Å². The Labute approximate surface area is 131 Å². The van der Waals surface area contributed by atoms with Gasteiger partial charge in [-0.3, -0.25) is 0 Å². The molecule has 0 bridgehead atoms. The molecule has 2 aromatic heterocycles. The summed E-state index contributed by atoms with van der Waals surface area (Å²) in [4.78, 5) is 13.8. The van der Waals surface area contributed by atoms with Crippen molar-refractivity contribution in [3.05, 3.63) is 16.8 Å². The lowest BCUT2D eigenvalue weighted by Gasteiger charge is -2.11. The number of hydrogen-bond donors (Lipinski definition) is 1. The highest BCUT2D eigenvalue weighted by Gasteiger charge is 2.09. The monoisotopic (exact) mass is 314 g/mol. The Kier molecular flexibility index (Phi) is 6.65. The standard InChI is InChI=1S/C14H22N4S.ClH/c1-5-12-16-13(15-7-6-8-18(3)4)11-9-10(2)19-14(11)17-12;/h9H,5-8H2,1-4H3,(H,15,16,17);1H. The number of halogens is 1. The quantitative estimate of drug-likeness (QED) is 0.830. The molecule has 112 valence electrons. The van der Waals surface area contributed by atoms with Crippen molar-refractivity contribution in [2.24, 2.45) is 0 Å². The summed E-state index contributed by atoms with van der Waals surface area (Å²) in [5.41, 5.74) is 0. The van der Waals surface area contributed by atoms with E-state index in [1.807, 2.05) is 0 Å². The number of aromatic nitrogens is 2. The minimum atomic E-state index is 0. The molecule has 0 aliphatic carbocycles. The minimum Gasteiger partial charge on any atom is -0.369 e. The summed E-state index contributed by atoms with van der Waals surface area (Å²) < 4.78 is 0. The van der Waals surface area contributed by atoms with Gasteiger partial charge in [-0.15, -0.1) is 23.7 Å². The second-order valence-corrected chi connectivity index (χ2v) is 6.24. The van der Waals surface area contributed by atoms with Crippen LogP contribution in [0.2, 0.25) is 0 Å². The number of aryl methyl sites for hydroxylation is 2. The van der Waals surface area contributed by atoms with Crippen molar-refractivity contribution < 1.29 is 0 Å². The molecule has 0 fully saturated rings. The number of hydrogen-bond acceptors (Lipinski definition) is 5. The van der Waals surface area contributed by atoms with Crippen LogP contribution >= 0.6 is 23.7 Å². The Morgan fingerprint density at radius 3 is 2.70 bits per heavy atom. The minimum absolute atomic E-state index is 0. The van der Waals surface area contributed by atoms with Gasteiger partial charge in [-0.25, -0.2) is 9.97 Å². The van der Waals surface area contributed by atoms with Crippen LogP contribution in [0.5, 0.6) is 0 Å². The molecule has 0 aliphatic rings. The molecule has 0 radical (unpaired) electrons. The van der Waals surface area contributed by atoms with Gasteiger partial charge in [-0.1, -0.05) is 6.92 Å². The van der Waals surface area contributed by atoms with Crippen molar-refractivity contribution in [1.82, 2.24) is 14.9 Å². The van der Waals surface area contributed by atoms with E-state index in [9.17, 15) is 0 Å². The third-order valence-corrected chi connectivity index (χ3v) is 3.90. The van der Waals surface area contributed by atoms with E-state index in [2.05, 4.69) is 54.2 Å². The van der Waals surface area contributed by atoms with Crippen molar-refractivity contribution in [2.75, 3.05) is 32.5 Å². The predicted molar refractivity (Wildman–Crippen MR) is 90.4 cm³/mol. The van der Waals surface area contributed by atoms with Crippen molar-refractivity contribution in [2.45, 2.75) is 26.7 Å². The average Bonchev–Trinajstić information content (AvgIpc) is 2.74. The molecule has 0 aromatic carbocycles. The van der Waals surface area contributed by atoms with Crippen molar-refractivity contribution in [3.8, 4) is 0 Å². The van der Waals surface area contributed by atoms with E-state index < -0.39 is 0 Å². The van der Waals surface area contributed by atoms with Crippen LogP contribution < -0.4 is 5.32 Å². The van der Waals surface area contributed by atoms with Gasteiger partial charge in [0.2, 0.25) is 0 Å². The number of fused-ring (bicyclic) bond motifs is 1. The van der Waals surface area contributed by atoms with E-state index in [0.717, 1.165) is 47.8 Å². The SMILES string of the molecule is CCc1nc(NCCCN(C)C)c2cc(C)sc2n1.Cl. The second kappa shape index (κ2) is 7.76. The predicted octanol–water partition coefficient (Wildman–Crippen LogP) is 3.35. The summed E-state index contributed by atoms with van der Waals surface area (Å²) in [5.74, 6) is 1.91. The molecule has 0 amide bonds. The van der Waals surface area contributed by atoms with E-state index in [4.69, 9.17) is 0 Å². The van der Waals surface area contributed by atoms with Crippen LogP contribution in [0.1, 0.15) is 24.0 Å². The zero-order chi connectivity index (χ0) is 13.8. The van der Waals surface area contributed by atoms with Crippen molar-refractivity contribution in [1.29, 1.82) is 0 Å². The maximum Gasteiger partial charge on any atom is 0.138 e. The number of nitrogens with one attached hydrogen (secondary N) is 1. The molecule has 0 spiro atoms. The van der Waals surface area contributed by atoms with Crippen LogP contribution in [-0.2, 0) is 6.42 Å². The zero-order valence-electron chi connectivity index (χ0n) is 12.6. The van der Waals surface area contributed by atoms with Gasteiger partial charge < -0.3 is 10.2 Å². The van der Waals surface area contributed by atoms with E-state index in [-0.39, 0.29) is 12.4 Å². The fourth-order valence-corrected chi connectivity index (χ4v) is 2.88. The first-order valence-electron chi connectivity index (χ1n) is 6.75. The third kappa shape index (κ3) is 4.30. The van der Waals surface area contributed by atoms with Gasteiger partial charge in [0.05, 0.1) is 5.39 Å². The molecule has 1 N–H and O–H groups in total. The number of anilines is 1. The highest BCUT2D eigenvalue weighted by atomic mass is 35.5. The molecule has 6 heteroatoms. The number of thiophene rings is 1. The van der Waals surface area contributed by atoms with Crippen molar-refractivity contribution >= 4 is 39.8 Å². The smallest absolute Gasteiger partial charge is 0.138 e. The molecule has 2 aromatic rings. The van der Waals surface area contributed by atoms with Crippen molar-refractivity contribution in [3.63, 3.8) is 0 Å². The Hall–Kier alpha value is -0.910. The Balaban J connectivity index is 0.00000200. The van der Waals surface area contributed by atoms with E-state index >= 15 is 0 Å². The Morgan fingerprint density at radius 2 is 2.05 bits per heavy atom. The van der Waals surface area contributed by atoms with Gasteiger partial charge in [-0.05, 0) is 40.1 Å². The first-order chi connectivity index (χ1) is 9.10. The van der Waals surface area contributed by atoms with Crippen LogP contribution in [0.4, 0.5) is 5.82 Å². The maximum absolute atomic E-state index is 4.62. The zero-order valence-corrected chi connectivity index (χ0v) is 14.2. The molecule has 2 rings (SSSR count). The largest absolute Gasteiger partial charge is 0.369 e. The molecular weight excluding hydrogens is 292 g/mol. The van der Waals surface area contributed by atoms with Crippen LogP contribution in [0, 0.1) is 6.92 Å². The lowest BCUT2D eigenvalue weighted by atomic mass is 10.3. The molecule has 2 heterocycles. The number of nitrogens with zero attached hydrogens (tertiary/aromatic N) is 3. The first kappa shape index (κ1) is 17.1. The van der Waals surface area contributed by atoms with E-state index in [0.29, 0.717) is 0 Å². The van der Waals surface area contributed by atoms with Crippen LogP contribution in [0.25, 0.3) is 10.2 Å². The lowest BCUT2D eigenvalue weighted by molar-refractivity contribution is 0.405. The van der Waals surface area contributed by atoms with Gasteiger partial charge >= 0.3 is 0 Å². The first-order valence-corrected chi connectivity index (χ1v) is 7.57. The second-order valence-electron chi connectivity index (χ2n) is 5.00. The van der Waals surface area contributed by atoms with E-state index in [1.165, 1.54) is 4.88 Å². The summed E-state index contributed by atoms with van der Waals surface area (Å²) in [7, 11) is 4.20. The fourth-order valence-electron chi connectivity index (χ4n) is 1.98. The normalized spacial score (nSPS) is 10.8. The Morgan fingerprint density at radius 1 is 1.30 bits per heavy atom. The lowest BCUT2D eigenvalue weighted by Crippen LogP contribution is -2.17. The summed E-state index contributed by atoms with van der Waals surface area (Å²) >= 11 is 1.74. The summed E-state index contributed by atoms with van der Waals surface area (Å²) in [6.07, 6.45) is 1.99. The third-order valence-electron chi connectivity index (χ3n) is 2.95. The highest BCUT2D eigenvalue weighted by molar-refractivity contribution is 7.18. The van der Waals surface area contributed by atoms with Crippen LogP contribution in [-0.4, -0.2) is 42.1 Å². The number of rotatable bonds is 6. The van der Waals surface area contributed by atoms with Gasteiger partial charge in [0, 0.05) is 17.8 Å². The fraction of sp³-hybridized carbons (Fsp3) is 0.571. The van der Waals surface area contributed by atoms with Crippen LogP contribution in [0.15, 0.2) is 6.07 Å². The summed E-state index contributed by atoms with van der Waals surface area (Å²) in [6, 6.07) is 2.17. The maximum atomic E-state index is 4.62. The summed E-state index contributed by atoms with van der Waals surface area (Å²) in [6.45, 7) is 6.25. The molecule has 0 unspecified atom stereocenters. The topological polar surface area (TPSA) is 41.1 Å². The molecule has 0 atom stereocenters. The van der Waals surface area contributed by atoms with Gasteiger partial charge in [0.15, 0.2) is 0 Å².